The molecule has 1 N–H and O–H groups in total. The van der Waals surface area contributed by atoms with Crippen LogP contribution in [0.15, 0.2) is 18.2 Å². The molecule has 1 fully saturated rings. The highest BCUT2D eigenvalue weighted by atomic mass is 35.5. The maximum atomic E-state index is 13.3. The molecule has 15 heavy (non-hydrogen) atoms. The van der Waals surface area contributed by atoms with Crippen LogP contribution in [0.3, 0.4) is 0 Å². The third kappa shape index (κ3) is 2.83. The number of hydrogen-bond acceptors (Lipinski definition) is 1. The molecule has 0 bridgehead atoms. The van der Waals surface area contributed by atoms with Gasteiger partial charge in [-0.15, -0.1) is 0 Å². The summed E-state index contributed by atoms with van der Waals surface area (Å²) in [7, 11) is 1.00. The Morgan fingerprint density at radius 2 is 1.87 bits per heavy atom. The number of aliphatic hydroxyl groups is 1. The Labute approximate surface area is 98.8 Å². The van der Waals surface area contributed by atoms with Crippen molar-refractivity contribution >= 4 is 23.2 Å². The Balaban J connectivity index is 0.000000531. The van der Waals surface area contributed by atoms with Crippen molar-refractivity contribution in [3.05, 3.63) is 33.8 Å². The third-order valence-electron chi connectivity index (χ3n) is 2.52. The van der Waals surface area contributed by atoms with E-state index in [1.165, 1.54) is 0 Å². The van der Waals surface area contributed by atoms with Crippen molar-refractivity contribution in [3.63, 3.8) is 0 Å². The number of hydrogen-bond donors (Lipinski definition) is 1. The lowest BCUT2D eigenvalue weighted by Gasteiger charge is -2.02. The summed E-state index contributed by atoms with van der Waals surface area (Å²) in [6, 6.07) is 5.30. The van der Waals surface area contributed by atoms with Gasteiger partial charge in [-0.1, -0.05) is 29.3 Å². The Hall–Kier alpha value is -0.310. The Bertz CT molecular complexity index is 352. The van der Waals surface area contributed by atoms with Crippen LogP contribution in [0.4, 0.5) is 4.39 Å². The number of alkyl halides is 1. The molecule has 1 nitrogen and oxygen atoms in total. The molecule has 0 radical (unpaired) electrons. The van der Waals surface area contributed by atoms with Crippen LogP contribution in [0.5, 0.6) is 0 Å². The smallest absolute Gasteiger partial charge is 0.115 e. The predicted molar refractivity (Wildman–Crippen MR) is 61.5 cm³/mol. The average Bonchev–Trinajstić information content (AvgIpc) is 2.83. The molecule has 1 aromatic carbocycles. The molecule has 0 heterocycles. The van der Waals surface area contributed by atoms with E-state index in [0.29, 0.717) is 16.5 Å². The van der Waals surface area contributed by atoms with Crippen molar-refractivity contribution < 1.29 is 9.50 Å². The first-order valence-electron chi connectivity index (χ1n) is 4.59. The highest BCUT2D eigenvalue weighted by Gasteiger charge is 2.51. The van der Waals surface area contributed by atoms with Gasteiger partial charge in [-0.05, 0) is 31.0 Å². The normalized spacial score (nSPS) is 28.0. The van der Waals surface area contributed by atoms with Gasteiger partial charge < -0.3 is 5.11 Å². The Morgan fingerprint density at radius 1 is 1.33 bits per heavy atom. The quantitative estimate of drug-likeness (QED) is 0.804. The summed E-state index contributed by atoms with van der Waals surface area (Å²) in [5, 5.41) is 8.02. The zero-order valence-corrected chi connectivity index (χ0v) is 10.1. The second-order valence-corrected chi connectivity index (χ2v) is 4.52. The average molecular weight is 251 g/mol. The van der Waals surface area contributed by atoms with Crippen molar-refractivity contribution in [1.82, 2.24) is 0 Å². The van der Waals surface area contributed by atoms with Crippen LogP contribution < -0.4 is 0 Å². The predicted octanol–water partition coefficient (Wildman–Crippen LogP) is 3.82. The summed E-state index contributed by atoms with van der Waals surface area (Å²) in [5.41, 5.74) is -0.101. The van der Waals surface area contributed by atoms with Crippen LogP contribution in [0, 0.1) is 0 Å². The third-order valence-corrected chi connectivity index (χ3v) is 3.25. The molecule has 2 unspecified atom stereocenters. The van der Waals surface area contributed by atoms with Gasteiger partial charge in [0.1, 0.15) is 5.67 Å². The van der Waals surface area contributed by atoms with Gasteiger partial charge in [0.05, 0.1) is 10.0 Å². The summed E-state index contributed by atoms with van der Waals surface area (Å²) in [5.74, 6) is 0.00210. The van der Waals surface area contributed by atoms with Gasteiger partial charge in [0, 0.05) is 13.0 Å². The SMILES string of the molecule is CC1(F)CC1c1ccc(Cl)c(Cl)c1.CO. The fourth-order valence-corrected chi connectivity index (χ4v) is 1.84. The molecule has 1 aliphatic rings. The van der Waals surface area contributed by atoms with Crippen LogP contribution >= 0.6 is 23.2 Å². The molecule has 0 amide bonds. The van der Waals surface area contributed by atoms with Gasteiger partial charge >= 0.3 is 0 Å². The molecule has 1 saturated carbocycles. The zero-order chi connectivity index (χ0) is 11.6. The van der Waals surface area contributed by atoms with E-state index in [9.17, 15) is 4.39 Å². The van der Waals surface area contributed by atoms with Gasteiger partial charge in [0.15, 0.2) is 0 Å². The van der Waals surface area contributed by atoms with Crippen molar-refractivity contribution in [2.24, 2.45) is 0 Å². The summed E-state index contributed by atoms with van der Waals surface area (Å²) in [4.78, 5) is 0. The molecule has 0 saturated heterocycles. The zero-order valence-electron chi connectivity index (χ0n) is 8.60. The van der Waals surface area contributed by atoms with E-state index in [4.69, 9.17) is 28.3 Å². The fourth-order valence-electron chi connectivity index (χ4n) is 1.53. The molecule has 1 aromatic rings. The van der Waals surface area contributed by atoms with E-state index < -0.39 is 5.67 Å². The Kier molecular flexibility index (Phi) is 3.99. The molecular weight excluding hydrogens is 238 g/mol. The first-order valence-corrected chi connectivity index (χ1v) is 5.35. The van der Waals surface area contributed by atoms with Gasteiger partial charge in [-0.25, -0.2) is 4.39 Å². The largest absolute Gasteiger partial charge is 0.400 e. The van der Waals surface area contributed by atoms with Crippen LogP contribution in [-0.2, 0) is 0 Å². The molecule has 0 aromatic heterocycles. The molecule has 1 aliphatic carbocycles. The fraction of sp³-hybridized carbons (Fsp3) is 0.455. The van der Waals surface area contributed by atoms with Gasteiger partial charge in [-0.2, -0.15) is 0 Å². The summed E-state index contributed by atoms with van der Waals surface area (Å²) >= 11 is 11.6. The van der Waals surface area contributed by atoms with Crippen molar-refractivity contribution in [3.8, 4) is 0 Å². The number of aliphatic hydroxyl groups excluding tert-OH is 1. The molecule has 0 spiro atoms. The van der Waals surface area contributed by atoms with Gasteiger partial charge in [0.2, 0.25) is 0 Å². The monoisotopic (exact) mass is 250 g/mol. The van der Waals surface area contributed by atoms with Crippen LogP contribution in [-0.4, -0.2) is 17.9 Å². The van der Waals surface area contributed by atoms with Gasteiger partial charge in [0.25, 0.3) is 0 Å². The maximum Gasteiger partial charge on any atom is 0.115 e. The van der Waals surface area contributed by atoms with Crippen molar-refractivity contribution in [1.29, 1.82) is 0 Å². The van der Waals surface area contributed by atoms with Crippen molar-refractivity contribution in [2.75, 3.05) is 7.11 Å². The minimum Gasteiger partial charge on any atom is -0.400 e. The highest BCUT2D eigenvalue weighted by Crippen LogP contribution is 2.54. The lowest BCUT2D eigenvalue weighted by atomic mass is 10.1. The van der Waals surface area contributed by atoms with Crippen molar-refractivity contribution in [2.45, 2.75) is 24.9 Å². The summed E-state index contributed by atoms with van der Waals surface area (Å²) in [6.07, 6.45) is 0.588. The van der Waals surface area contributed by atoms with E-state index in [1.54, 1.807) is 19.1 Å². The minimum atomic E-state index is -1.04. The number of halogens is 3. The van der Waals surface area contributed by atoms with Gasteiger partial charge in [-0.3, -0.25) is 0 Å². The molecule has 2 atom stereocenters. The molecule has 4 heteroatoms. The number of rotatable bonds is 1. The van der Waals surface area contributed by atoms with Crippen LogP contribution in [0.2, 0.25) is 10.0 Å². The van der Waals surface area contributed by atoms with E-state index in [0.717, 1.165) is 12.7 Å². The second kappa shape index (κ2) is 4.69. The molecule has 84 valence electrons. The van der Waals surface area contributed by atoms with E-state index in [1.807, 2.05) is 6.07 Å². The van der Waals surface area contributed by atoms with Crippen LogP contribution in [0.1, 0.15) is 24.8 Å². The topological polar surface area (TPSA) is 20.2 Å². The maximum absolute atomic E-state index is 13.3. The first kappa shape index (κ1) is 12.8. The second-order valence-electron chi connectivity index (χ2n) is 3.71. The Morgan fingerprint density at radius 3 is 2.27 bits per heavy atom. The number of benzene rings is 1. The first-order chi connectivity index (χ1) is 7.00. The van der Waals surface area contributed by atoms with Crippen LogP contribution in [0.25, 0.3) is 0 Å². The van der Waals surface area contributed by atoms with E-state index in [2.05, 4.69) is 0 Å². The van der Waals surface area contributed by atoms with E-state index >= 15 is 0 Å². The highest BCUT2D eigenvalue weighted by molar-refractivity contribution is 6.42. The summed E-state index contributed by atoms with van der Waals surface area (Å²) in [6.45, 7) is 1.61. The molecule has 0 aliphatic heterocycles. The minimum absolute atomic E-state index is 0.00210. The lowest BCUT2D eigenvalue weighted by molar-refractivity contribution is 0.328. The molecule has 2 rings (SSSR count). The molecular formula is C11H13Cl2FO. The van der Waals surface area contributed by atoms with E-state index in [-0.39, 0.29) is 5.92 Å². The summed E-state index contributed by atoms with van der Waals surface area (Å²) < 4.78 is 13.3. The standard InChI is InChI=1S/C10H9Cl2F.CH4O/c1-10(13)5-7(10)6-2-3-8(11)9(12)4-6;1-2/h2-4,7H,5H2,1H3;2H,1H3. The lowest BCUT2D eigenvalue weighted by Crippen LogP contribution is -1.94.